The standard InChI is InChI=1S/C17H15FN2O/c1-21-14-8-4-7-13(15(14)18)16(19)17-12-6-3-2-5-11(12)9-10-20-17/h2-10,16H,19H2,1H3. The number of fused-ring (bicyclic) bond motifs is 1. The number of methoxy groups -OCH3 is 1. The normalized spacial score (nSPS) is 12.3. The zero-order valence-corrected chi connectivity index (χ0v) is 11.6. The van der Waals surface area contributed by atoms with Gasteiger partial charge in [0.05, 0.1) is 18.8 Å². The zero-order valence-electron chi connectivity index (χ0n) is 11.6. The smallest absolute Gasteiger partial charge is 0.170 e. The first-order valence-electron chi connectivity index (χ1n) is 6.64. The molecule has 0 fully saturated rings. The van der Waals surface area contributed by atoms with Gasteiger partial charge in [-0.15, -0.1) is 0 Å². The average molecular weight is 282 g/mol. The van der Waals surface area contributed by atoms with Gasteiger partial charge in [-0.2, -0.15) is 0 Å². The zero-order chi connectivity index (χ0) is 14.8. The molecule has 0 aliphatic rings. The van der Waals surface area contributed by atoms with E-state index in [-0.39, 0.29) is 5.75 Å². The Kier molecular flexibility index (Phi) is 3.54. The van der Waals surface area contributed by atoms with Gasteiger partial charge in [0.25, 0.3) is 0 Å². The molecule has 3 rings (SSSR count). The number of nitrogens with two attached hydrogens (primary N) is 1. The molecule has 1 unspecified atom stereocenters. The summed E-state index contributed by atoms with van der Waals surface area (Å²) >= 11 is 0. The lowest BCUT2D eigenvalue weighted by atomic mass is 9.98. The van der Waals surface area contributed by atoms with Gasteiger partial charge in [0.1, 0.15) is 0 Å². The number of benzene rings is 2. The molecule has 0 aliphatic heterocycles. The van der Waals surface area contributed by atoms with Crippen molar-refractivity contribution in [3.8, 4) is 5.75 Å². The number of ether oxygens (including phenoxy) is 1. The number of pyridine rings is 1. The van der Waals surface area contributed by atoms with Gasteiger partial charge in [-0.25, -0.2) is 4.39 Å². The van der Waals surface area contributed by atoms with Crippen LogP contribution in [-0.4, -0.2) is 12.1 Å². The molecule has 1 atom stereocenters. The Hall–Kier alpha value is -2.46. The van der Waals surface area contributed by atoms with Crippen molar-refractivity contribution < 1.29 is 9.13 Å². The first kappa shape index (κ1) is 13.5. The van der Waals surface area contributed by atoms with Crippen molar-refractivity contribution in [1.29, 1.82) is 0 Å². The molecule has 4 heteroatoms. The van der Waals surface area contributed by atoms with Crippen LogP contribution >= 0.6 is 0 Å². The van der Waals surface area contributed by atoms with Crippen LogP contribution in [-0.2, 0) is 0 Å². The Morgan fingerprint density at radius 1 is 1.10 bits per heavy atom. The highest BCUT2D eigenvalue weighted by molar-refractivity contribution is 5.85. The summed E-state index contributed by atoms with van der Waals surface area (Å²) < 4.78 is 19.4. The van der Waals surface area contributed by atoms with Crippen molar-refractivity contribution in [3.05, 3.63) is 71.8 Å². The summed E-state index contributed by atoms with van der Waals surface area (Å²) in [4.78, 5) is 4.35. The average Bonchev–Trinajstić information content (AvgIpc) is 2.54. The van der Waals surface area contributed by atoms with Crippen LogP contribution in [0.2, 0.25) is 0 Å². The van der Waals surface area contributed by atoms with Crippen LogP contribution in [0.5, 0.6) is 5.75 Å². The van der Waals surface area contributed by atoms with E-state index in [1.807, 2.05) is 30.3 Å². The van der Waals surface area contributed by atoms with Crippen molar-refractivity contribution in [1.82, 2.24) is 4.98 Å². The van der Waals surface area contributed by atoms with Crippen molar-refractivity contribution >= 4 is 10.8 Å². The van der Waals surface area contributed by atoms with Crippen molar-refractivity contribution in [2.24, 2.45) is 5.73 Å². The predicted octanol–water partition coefficient (Wildman–Crippen LogP) is 3.43. The fraction of sp³-hybridized carbons (Fsp3) is 0.118. The summed E-state index contributed by atoms with van der Waals surface area (Å²) in [6.07, 6.45) is 1.69. The van der Waals surface area contributed by atoms with Crippen LogP contribution in [0.3, 0.4) is 0 Å². The topological polar surface area (TPSA) is 48.1 Å². The molecule has 3 nitrogen and oxygen atoms in total. The van der Waals surface area contributed by atoms with E-state index in [0.717, 1.165) is 10.8 Å². The Morgan fingerprint density at radius 3 is 2.71 bits per heavy atom. The van der Waals surface area contributed by atoms with Crippen LogP contribution in [0.15, 0.2) is 54.7 Å². The maximum absolute atomic E-state index is 14.4. The lowest BCUT2D eigenvalue weighted by Gasteiger charge is -2.16. The largest absolute Gasteiger partial charge is 0.494 e. The number of hydrogen-bond donors (Lipinski definition) is 1. The highest BCUT2D eigenvalue weighted by Crippen LogP contribution is 2.30. The van der Waals surface area contributed by atoms with E-state index >= 15 is 0 Å². The SMILES string of the molecule is COc1cccc(C(N)c2nccc3ccccc23)c1F. The number of aromatic nitrogens is 1. The third-order valence-corrected chi connectivity index (χ3v) is 3.55. The molecule has 2 aromatic carbocycles. The van der Waals surface area contributed by atoms with Crippen molar-refractivity contribution in [2.45, 2.75) is 6.04 Å². The van der Waals surface area contributed by atoms with E-state index in [1.54, 1.807) is 24.4 Å². The van der Waals surface area contributed by atoms with Gasteiger partial charge in [-0.1, -0.05) is 36.4 Å². The van der Waals surface area contributed by atoms with E-state index in [2.05, 4.69) is 4.98 Å². The van der Waals surface area contributed by atoms with Gasteiger partial charge in [0.15, 0.2) is 11.6 Å². The summed E-state index contributed by atoms with van der Waals surface area (Å²) in [5.41, 5.74) is 7.28. The van der Waals surface area contributed by atoms with Crippen LogP contribution < -0.4 is 10.5 Å². The number of nitrogens with zero attached hydrogens (tertiary/aromatic N) is 1. The molecule has 0 spiro atoms. The van der Waals surface area contributed by atoms with E-state index in [0.29, 0.717) is 11.3 Å². The molecule has 2 N–H and O–H groups in total. The van der Waals surface area contributed by atoms with Gasteiger partial charge < -0.3 is 10.5 Å². The fourth-order valence-corrected chi connectivity index (χ4v) is 2.46. The molecule has 0 radical (unpaired) electrons. The molecule has 106 valence electrons. The van der Waals surface area contributed by atoms with Gasteiger partial charge in [0, 0.05) is 17.1 Å². The molecule has 3 aromatic rings. The Bertz CT molecular complexity index is 783. The van der Waals surface area contributed by atoms with E-state index in [4.69, 9.17) is 10.5 Å². The van der Waals surface area contributed by atoms with Crippen LogP contribution in [0.4, 0.5) is 4.39 Å². The minimum Gasteiger partial charge on any atom is -0.494 e. The highest BCUT2D eigenvalue weighted by atomic mass is 19.1. The van der Waals surface area contributed by atoms with E-state index < -0.39 is 11.9 Å². The molecule has 0 saturated heterocycles. The predicted molar refractivity (Wildman–Crippen MR) is 80.7 cm³/mol. The second-order valence-corrected chi connectivity index (χ2v) is 4.76. The summed E-state index contributed by atoms with van der Waals surface area (Å²) in [5.74, 6) is -0.259. The summed E-state index contributed by atoms with van der Waals surface area (Å²) in [5, 5.41) is 1.95. The highest BCUT2D eigenvalue weighted by Gasteiger charge is 2.19. The maximum Gasteiger partial charge on any atom is 0.170 e. The van der Waals surface area contributed by atoms with Crippen LogP contribution in [0.25, 0.3) is 10.8 Å². The lowest BCUT2D eigenvalue weighted by molar-refractivity contribution is 0.383. The van der Waals surface area contributed by atoms with Gasteiger partial charge in [-0.05, 0) is 17.5 Å². The monoisotopic (exact) mass is 282 g/mol. The Labute approximate surface area is 122 Å². The maximum atomic E-state index is 14.4. The Morgan fingerprint density at radius 2 is 1.90 bits per heavy atom. The quantitative estimate of drug-likeness (QED) is 0.800. The minimum absolute atomic E-state index is 0.184. The molecule has 21 heavy (non-hydrogen) atoms. The fourth-order valence-electron chi connectivity index (χ4n) is 2.46. The molecule has 1 heterocycles. The Balaban J connectivity index is 2.15. The third kappa shape index (κ3) is 2.34. The van der Waals surface area contributed by atoms with Crippen LogP contribution in [0.1, 0.15) is 17.3 Å². The molecule has 0 aliphatic carbocycles. The van der Waals surface area contributed by atoms with E-state index in [9.17, 15) is 4.39 Å². The number of halogens is 1. The molecule has 0 saturated carbocycles. The second kappa shape index (κ2) is 5.50. The van der Waals surface area contributed by atoms with Crippen LogP contribution in [0, 0.1) is 5.82 Å². The van der Waals surface area contributed by atoms with Gasteiger partial charge >= 0.3 is 0 Å². The first-order valence-corrected chi connectivity index (χ1v) is 6.64. The van der Waals surface area contributed by atoms with Crippen molar-refractivity contribution in [3.63, 3.8) is 0 Å². The molecular weight excluding hydrogens is 267 g/mol. The molecule has 0 amide bonds. The summed E-state index contributed by atoms with van der Waals surface area (Å²) in [6.45, 7) is 0. The molecule has 1 aromatic heterocycles. The molecular formula is C17H15FN2O. The van der Waals surface area contributed by atoms with E-state index in [1.165, 1.54) is 7.11 Å². The number of hydrogen-bond acceptors (Lipinski definition) is 3. The lowest BCUT2D eigenvalue weighted by Crippen LogP contribution is -2.16. The van der Waals surface area contributed by atoms with Gasteiger partial charge in [-0.3, -0.25) is 4.98 Å². The summed E-state index contributed by atoms with van der Waals surface area (Å²) in [7, 11) is 1.43. The minimum atomic E-state index is -0.647. The third-order valence-electron chi connectivity index (χ3n) is 3.55. The second-order valence-electron chi connectivity index (χ2n) is 4.76. The first-order chi connectivity index (χ1) is 10.2. The molecule has 0 bridgehead atoms. The number of rotatable bonds is 3. The van der Waals surface area contributed by atoms with Crippen molar-refractivity contribution in [2.75, 3.05) is 7.11 Å². The van der Waals surface area contributed by atoms with Gasteiger partial charge in [0.2, 0.25) is 0 Å². The summed E-state index contributed by atoms with van der Waals surface area (Å²) in [6, 6.07) is 14.0.